The summed E-state index contributed by atoms with van der Waals surface area (Å²) in [5, 5.41) is 8.93. The maximum absolute atomic E-state index is 8.93. The monoisotopic (exact) mass is 211 g/mol. The zero-order valence-electron chi connectivity index (χ0n) is 9.38. The quantitative estimate of drug-likeness (QED) is 0.764. The third kappa shape index (κ3) is 1.78. The zero-order valence-corrected chi connectivity index (χ0v) is 9.38. The van der Waals surface area contributed by atoms with Crippen LogP contribution in [0.2, 0.25) is 0 Å². The molecule has 16 heavy (non-hydrogen) atoms. The maximum atomic E-state index is 8.93. The fraction of sp³-hybridized carbons (Fsp3) is 0.154. The highest BCUT2D eigenvalue weighted by molar-refractivity contribution is 5.51. The Bertz CT molecular complexity index is 515. The second-order valence-electron chi connectivity index (χ2n) is 3.79. The predicted octanol–water partition coefficient (Wildman–Crippen LogP) is 2.41. The molecule has 0 atom stereocenters. The van der Waals surface area contributed by atoms with E-state index in [1.165, 1.54) is 0 Å². The Labute approximate surface area is 95.2 Å². The molecule has 3 heteroatoms. The molecule has 0 saturated carbocycles. The summed E-state index contributed by atoms with van der Waals surface area (Å²) in [6.45, 7) is 0. The highest BCUT2D eigenvalue weighted by Crippen LogP contribution is 2.17. The second-order valence-corrected chi connectivity index (χ2v) is 3.79. The molecule has 1 heterocycles. The molecule has 0 unspecified atom stereocenters. The lowest BCUT2D eigenvalue weighted by Crippen LogP contribution is -2.08. The molecular weight excluding hydrogens is 198 g/mol. The third-order valence-electron chi connectivity index (χ3n) is 2.51. The van der Waals surface area contributed by atoms with Gasteiger partial charge in [0.25, 0.3) is 0 Å². The van der Waals surface area contributed by atoms with E-state index < -0.39 is 0 Å². The molecule has 0 aliphatic heterocycles. The lowest BCUT2D eigenvalue weighted by molar-refractivity contribution is 1.05. The lowest BCUT2D eigenvalue weighted by atomic mass is 10.2. The Morgan fingerprint density at radius 2 is 1.81 bits per heavy atom. The number of nitrogens with zero attached hydrogens (tertiary/aromatic N) is 3. The first-order chi connectivity index (χ1) is 7.72. The van der Waals surface area contributed by atoms with Crippen LogP contribution in [0.3, 0.4) is 0 Å². The first-order valence-corrected chi connectivity index (χ1v) is 5.07. The molecule has 0 N–H and O–H groups in total. The van der Waals surface area contributed by atoms with Crippen molar-refractivity contribution in [1.29, 1.82) is 5.26 Å². The van der Waals surface area contributed by atoms with E-state index in [4.69, 9.17) is 5.26 Å². The van der Waals surface area contributed by atoms with Gasteiger partial charge in [0, 0.05) is 31.7 Å². The SMILES string of the molecule is CN(C)c1ccc(-n2cccc2C#N)cc1. The van der Waals surface area contributed by atoms with Crippen LogP contribution in [0.1, 0.15) is 5.69 Å². The minimum absolute atomic E-state index is 0.651. The molecule has 0 aliphatic carbocycles. The Morgan fingerprint density at radius 3 is 2.38 bits per heavy atom. The van der Waals surface area contributed by atoms with E-state index in [2.05, 4.69) is 6.07 Å². The van der Waals surface area contributed by atoms with Crippen LogP contribution in [-0.4, -0.2) is 18.7 Å². The van der Waals surface area contributed by atoms with Crippen LogP contribution >= 0.6 is 0 Å². The van der Waals surface area contributed by atoms with Crippen molar-refractivity contribution < 1.29 is 0 Å². The number of anilines is 1. The fourth-order valence-electron chi connectivity index (χ4n) is 1.61. The molecule has 2 rings (SSSR count). The van der Waals surface area contributed by atoms with Gasteiger partial charge in [0.15, 0.2) is 0 Å². The average molecular weight is 211 g/mol. The van der Waals surface area contributed by atoms with Gasteiger partial charge in [-0.2, -0.15) is 5.26 Å². The molecule has 1 aromatic carbocycles. The van der Waals surface area contributed by atoms with Crippen molar-refractivity contribution >= 4 is 5.69 Å². The van der Waals surface area contributed by atoms with Gasteiger partial charge in [-0.25, -0.2) is 0 Å². The van der Waals surface area contributed by atoms with Crippen LogP contribution in [0.15, 0.2) is 42.6 Å². The van der Waals surface area contributed by atoms with Gasteiger partial charge in [0.05, 0.1) is 0 Å². The minimum atomic E-state index is 0.651. The fourth-order valence-corrected chi connectivity index (χ4v) is 1.61. The van der Waals surface area contributed by atoms with Gasteiger partial charge in [-0.15, -0.1) is 0 Å². The summed E-state index contributed by atoms with van der Waals surface area (Å²) in [4.78, 5) is 2.05. The molecule has 1 aromatic heterocycles. The number of aromatic nitrogens is 1. The summed E-state index contributed by atoms with van der Waals surface area (Å²) in [5.74, 6) is 0. The lowest BCUT2D eigenvalue weighted by Gasteiger charge is -2.13. The van der Waals surface area contributed by atoms with Crippen molar-refractivity contribution in [2.45, 2.75) is 0 Å². The van der Waals surface area contributed by atoms with Crippen molar-refractivity contribution in [3.05, 3.63) is 48.3 Å². The standard InChI is InChI=1S/C13H13N3/c1-15(2)11-5-7-12(8-6-11)16-9-3-4-13(16)10-14/h3-9H,1-2H3. The summed E-state index contributed by atoms with van der Waals surface area (Å²) >= 11 is 0. The van der Waals surface area contributed by atoms with Gasteiger partial charge in [-0.05, 0) is 36.4 Å². The van der Waals surface area contributed by atoms with E-state index in [0.29, 0.717) is 5.69 Å². The van der Waals surface area contributed by atoms with Gasteiger partial charge >= 0.3 is 0 Å². The van der Waals surface area contributed by atoms with E-state index in [9.17, 15) is 0 Å². The highest BCUT2D eigenvalue weighted by atomic mass is 15.1. The number of benzene rings is 1. The summed E-state index contributed by atoms with van der Waals surface area (Å²) < 4.78 is 1.87. The van der Waals surface area contributed by atoms with Crippen LogP contribution < -0.4 is 4.90 Å². The highest BCUT2D eigenvalue weighted by Gasteiger charge is 2.02. The summed E-state index contributed by atoms with van der Waals surface area (Å²) in [6, 6.07) is 13.9. The van der Waals surface area contributed by atoms with E-state index in [-0.39, 0.29) is 0 Å². The molecule has 0 saturated heterocycles. The average Bonchev–Trinajstić information content (AvgIpc) is 2.77. The summed E-state index contributed by atoms with van der Waals surface area (Å²) in [6.07, 6.45) is 1.89. The summed E-state index contributed by atoms with van der Waals surface area (Å²) in [5.41, 5.74) is 2.80. The van der Waals surface area contributed by atoms with Gasteiger partial charge in [-0.3, -0.25) is 0 Å². The molecule has 0 aliphatic rings. The second kappa shape index (κ2) is 4.11. The number of rotatable bonds is 2. The normalized spacial score (nSPS) is 9.81. The number of hydrogen-bond acceptors (Lipinski definition) is 2. The van der Waals surface area contributed by atoms with Crippen LogP contribution in [-0.2, 0) is 0 Å². The van der Waals surface area contributed by atoms with Crippen molar-refractivity contribution in [2.24, 2.45) is 0 Å². The Kier molecular flexibility index (Phi) is 2.65. The molecule has 0 fully saturated rings. The third-order valence-corrected chi connectivity index (χ3v) is 2.51. The molecule has 0 bridgehead atoms. The summed E-state index contributed by atoms with van der Waals surface area (Å²) in [7, 11) is 4.01. The molecule has 0 spiro atoms. The van der Waals surface area contributed by atoms with Gasteiger partial charge in [0.2, 0.25) is 0 Å². The Morgan fingerprint density at radius 1 is 1.12 bits per heavy atom. The smallest absolute Gasteiger partial charge is 0.124 e. The maximum Gasteiger partial charge on any atom is 0.124 e. The number of nitriles is 1. The van der Waals surface area contributed by atoms with Crippen molar-refractivity contribution in [2.75, 3.05) is 19.0 Å². The topological polar surface area (TPSA) is 32.0 Å². The molecule has 0 radical (unpaired) electrons. The predicted molar refractivity (Wildman–Crippen MR) is 64.8 cm³/mol. The van der Waals surface area contributed by atoms with Crippen LogP contribution in [0, 0.1) is 11.3 Å². The van der Waals surface area contributed by atoms with Crippen molar-refractivity contribution in [3.63, 3.8) is 0 Å². The molecule has 80 valence electrons. The van der Waals surface area contributed by atoms with E-state index in [0.717, 1.165) is 11.4 Å². The number of hydrogen-bond donors (Lipinski definition) is 0. The molecule has 2 aromatic rings. The van der Waals surface area contributed by atoms with E-state index >= 15 is 0 Å². The Balaban J connectivity index is 2.39. The van der Waals surface area contributed by atoms with Crippen molar-refractivity contribution in [3.8, 4) is 11.8 Å². The van der Waals surface area contributed by atoms with E-state index in [1.807, 2.05) is 60.1 Å². The van der Waals surface area contributed by atoms with Gasteiger partial charge in [0.1, 0.15) is 11.8 Å². The van der Waals surface area contributed by atoms with Gasteiger partial charge in [-0.1, -0.05) is 0 Å². The van der Waals surface area contributed by atoms with Crippen LogP contribution in [0.5, 0.6) is 0 Å². The zero-order chi connectivity index (χ0) is 11.5. The molecule has 0 amide bonds. The molecule has 3 nitrogen and oxygen atoms in total. The first kappa shape index (κ1) is 10.3. The minimum Gasteiger partial charge on any atom is -0.378 e. The van der Waals surface area contributed by atoms with Crippen LogP contribution in [0.25, 0.3) is 5.69 Å². The Hall–Kier alpha value is -2.21. The van der Waals surface area contributed by atoms with E-state index in [1.54, 1.807) is 6.07 Å². The van der Waals surface area contributed by atoms with Gasteiger partial charge < -0.3 is 9.47 Å². The van der Waals surface area contributed by atoms with Crippen LogP contribution in [0.4, 0.5) is 5.69 Å². The largest absolute Gasteiger partial charge is 0.378 e. The molecular formula is C13H13N3. The first-order valence-electron chi connectivity index (χ1n) is 5.07. The van der Waals surface area contributed by atoms with Crippen molar-refractivity contribution in [1.82, 2.24) is 4.57 Å².